The summed E-state index contributed by atoms with van der Waals surface area (Å²) in [5, 5.41) is 12.1. The fourth-order valence-corrected chi connectivity index (χ4v) is 4.82. The molecule has 162 valence electrons. The third-order valence-electron chi connectivity index (χ3n) is 5.56. The molecule has 2 N–H and O–H groups in total. The van der Waals surface area contributed by atoms with Crippen molar-refractivity contribution in [1.82, 2.24) is 30.0 Å². The summed E-state index contributed by atoms with van der Waals surface area (Å²) in [5.41, 5.74) is 0.968. The van der Waals surface area contributed by atoms with Crippen molar-refractivity contribution in [2.45, 2.75) is 32.4 Å². The van der Waals surface area contributed by atoms with Gasteiger partial charge in [-0.2, -0.15) is 5.10 Å². The molecule has 8 nitrogen and oxygen atoms in total. The Labute approximate surface area is 189 Å². The van der Waals surface area contributed by atoms with E-state index in [0.717, 1.165) is 10.4 Å². The molecule has 0 saturated carbocycles. The van der Waals surface area contributed by atoms with E-state index < -0.39 is 6.04 Å². The van der Waals surface area contributed by atoms with Crippen LogP contribution in [0.1, 0.15) is 31.4 Å². The number of H-pyrrole nitrogens is 1. The van der Waals surface area contributed by atoms with Gasteiger partial charge in [0.1, 0.15) is 6.04 Å². The van der Waals surface area contributed by atoms with Gasteiger partial charge < -0.3 is 10.2 Å². The molecule has 31 heavy (non-hydrogen) atoms. The van der Waals surface area contributed by atoms with Crippen LogP contribution in [0.3, 0.4) is 0 Å². The first-order valence-corrected chi connectivity index (χ1v) is 11.5. The van der Waals surface area contributed by atoms with Crippen LogP contribution >= 0.6 is 23.6 Å². The minimum atomic E-state index is -0.473. The summed E-state index contributed by atoms with van der Waals surface area (Å²) in [6, 6.07) is 7.21. The SMILES string of the molecule is CC(C(=O)N1CCC(C(=O)NCc2cccnc2)CC1)n1c(-c2cccs2)n[nH]c1=S. The summed E-state index contributed by atoms with van der Waals surface area (Å²) < 4.78 is 2.20. The second-order valence-corrected chi connectivity index (χ2v) is 8.89. The smallest absolute Gasteiger partial charge is 0.245 e. The lowest BCUT2D eigenvalue weighted by Crippen LogP contribution is -2.45. The minimum absolute atomic E-state index is 0.00970. The van der Waals surface area contributed by atoms with Crippen molar-refractivity contribution in [2.75, 3.05) is 13.1 Å². The third kappa shape index (κ3) is 4.75. The molecule has 0 aromatic carbocycles. The van der Waals surface area contributed by atoms with Gasteiger partial charge in [-0.15, -0.1) is 11.3 Å². The molecule has 1 fully saturated rings. The third-order valence-corrected chi connectivity index (χ3v) is 6.71. The van der Waals surface area contributed by atoms with Crippen molar-refractivity contribution in [3.63, 3.8) is 0 Å². The topological polar surface area (TPSA) is 95.9 Å². The zero-order valence-electron chi connectivity index (χ0n) is 17.2. The molecular weight excluding hydrogens is 432 g/mol. The number of rotatable bonds is 6. The van der Waals surface area contributed by atoms with Crippen molar-refractivity contribution in [2.24, 2.45) is 5.92 Å². The van der Waals surface area contributed by atoms with Crippen molar-refractivity contribution >= 4 is 35.4 Å². The van der Waals surface area contributed by atoms with Crippen LogP contribution in [-0.2, 0) is 16.1 Å². The van der Waals surface area contributed by atoms with E-state index in [-0.39, 0.29) is 17.7 Å². The number of likely N-dealkylation sites (tertiary alicyclic amines) is 1. The summed E-state index contributed by atoms with van der Waals surface area (Å²) >= 11 is 6.94. The Bertz CT molecular complexity index is 1080. The summed E-state index contributed by atoms with van der Waals surface area (Å²) in [4.78, 5) is 32.5. The molecule has 0 aliphatic carbocycles. The lowest BCUT2D eigenvalue weighted by Gasteiger charge is -2.33. The van der Waals surface area contributed by atoms with E-state index in [1.807, 2.05) is 41.5 Å². The van der Waals surface area contributed by atoms with Gasteiger partial charge in [0.2, 0.25) is 11.8 Å². The lowest BCUT2D eigenvalue weighted by molar-refractivity contribution is -0.138. The number of pyridine rings is 1. The van der Waals surface area contributed by atoms with Crippen molar-refractivity contribution in [1.29, 1.82) is 0 Å². The Morgan fingerprint density at radius 2 is 2.13 bits per heavy atom. The van der Waals surface area contributed by atoms with Crippen molar-refractivity contribution in [3.05, 3.63) is 52.4 Å². The molecule has 1 saturated heterocycles. The largest absolute Gasteiger partial charge is 0.352 e. The van der Waals surface area contributed by atoms with E-state index in [2.05, 4.69) is 20.5 Å². The van der Waals surface area contributed by atoms with Crippen LogP contribution < -0.4 is 5.32 Å². The molecule has 10 heteroatoms. The maximum atomic E-state index is 13.2. The van der Waals surface area contributed by atoms with E-state index in [0.29, 0.717) is 43.1 Å². The molecule has 0 radical (unpaired) electrons. The van der Waals surface area contributed by atoms with E-state index in [4.69, 9.17) is 12.2 Å². The van der Waals surface area contributed by atoms with Gasteiger partial charge in [-0.3, -0.25) is 24.2 Å². The van der Waals surface area contributed by atoms with Crippen LogP contribution in [-0.4, -0.2) is 49.6 Å². The van der Waals surface area contributed by atoms with Crippen molar-refractivity contribution < 1.29 is 9.59 Å². The highest BCUT2D eigenvalue weighted by Crippen LogP contribution is 2.27. The number of hydrogen-bond donors (Lipinski definition) is 2. The number of carbonyl (C=O) groups excluding carboxylic acids is 2. The molecule has 3 aromatic rings. The number of carbonyl (C=O) groups is 2. The van der Waals surface area contributed by atoms with E-state index in [9.17, 15) is 9.59 Å². The van der Waals surface area contributed by atoms with Crippen LogP contribution in [0.5, 0.6) is 0 Å². The second kappa shape index (κ2) is 9.52. The van der Waals surface area contributed by atoms with Gasteiger partial charge in [-0.25, -0.2) is 0 Å². The molecule has 4 rings (SSSR count). The Kier molecular flexibility index (Phi) is 6.57. The molecule has 2 amide bonds. The molecule has 1 atom stereocenters. The monoisotopic (exact) mass is 456 g/mol. The quantitative estimate of drug-likeness (QED) is 0.556. The number of nitrogens with zero attached hydrogens (tertiary/aromatic N) is 4. The Balaban J connectivity index is 1.35. The number of hydrogen-bond acceptors (Lipinski definition) is 6. The number of aromatic amines is 1. The van der Waals surface area contributed by atoms with Gasteiger partial charge in [0.25, 0.3) is 0 Å². The Morgan fingerprint density at radius 3 is 2.81 bits per heavy atom. The van der Waals surface area contributed by atoms with E-state index in [1.165, 1.54) is 0 Å². The summed E-state index contributed by atoms with van der Waals surface area (Å²) in [7, 11) is 0. The van der Waals surface area contributed by atoms with Crippen LogP contribution in [0.4, 0.5) is 0 Å². The Hall–Kier alpha value is -2.85. The molecule has 4 heterocycles. The van der Waals surface area contributed by atoms with E-state index in [1.54, 1.807) is 28.3 Å². The number of aromatic nitrogens is 4. The average molecular weight is 457 g/mol. The maximum Gasteiger partial charge on any atom is 0.245 e. The summed E-state index contributed by atoms with van der Waals surface area (Å²) in [6.45, 7) is 3.41. The number of thiophene rings is 1. The van der Waals surface area contributed by atoms with Gasteiger partial charge in [-0.05, 0) is 55.1 Å². The fraction of sp³-hybridized carbons (Fsp3) is 0.381. The van der Waals surface area contributed by atoms with Crippen LogP contribution in [0.25, 0.3) is 10.7 Å². The molecule has 0 spiro atoms. The fourth-order valence-electron chi connectivity index (χ4n) is 3.82. The van der Waals surface area contributed by atoms with Crippen LogP contribution in [0.2, 0.25) is 0 Å². The first-order valence-electron chi connectivity index (χ1n) is 10.2. The van der Waals surface area contributed by atoms with Gasteiger partial charge in [0, 0.05) is 37.9 Å². The van der Waals surface area contributed by atoms with Gasteiger partial charge in [0.05, 0.1) is 4.88 Å². The van der Waals surface area contributed by atoms with Gasteiger partial charge >= 0.3 is 0 Å². The van der Waals surface area contributed by atoms with Crippen LogP contribution in [0, 0.1) is 10.7 Å². The number of amides is 2. The summed E-state index contributed by atoms with van der Waals surface area (Å²) in [5.74, 6) is 0.602. The molecule has 1 aliphatic heterocycles. The van der Waals surface area contributed by atoms with E-state index >= 15 is 0 Å². The molecule has 3 aromatic heterocycles. The molecule has 0 bridgehead atoms. The highest BCUT2D eigenvalue weighted by atomic mass is 32.1. The minimum Gasteiger partial charge on any atom is -0.352 e. The molecule has 1 aliphatic rings. The zero-order valence-corrected chi connectivity index (χ0v) is 18.8. The maximum absolute atomic E-state index is 13.2. The lowest BCUT2D eigenvalue weighted by atomic mass is 9.95. The normalized spacial score (nSPS) is 15.6. The van der Waals surface area contributed by atoms with Gasteiger partial charge in [-0.1, -0.05) is 12.1 Å². The highest BCUT2D eigenvalue weighted by molar-refractivity contribution is 7.71. The average Bonchev–Trinajstić information content (AvgIpc) is 3.47. The van der Waals surface area contributed by atoms with Gasteiger partial charge in [0.15, 0.2) is 10.6 Å². The predicted molar refractivity (Wildman–Crippen MR) is 121 cm³/mol. The first-order chi connectivity index (χ1) is 15.0. The highest BCUT2D eigenvalue weighted by Gasteiger charge is 2.31. The predicted octanol–water partition coefficient (Wildman–Crippen LogP) is 3.18. The summed E-state index contributed by atoms with van der Waals surface area (Å²) in [6.07, 6.45) is 4.74. The number of nitrogens with one attached hydrogen (secondary N) is 2. The zero-order chi connectivity index (χ0) is 21.8. The first kappa shape index (κ1) is 21.4. The molecular formula is C21H24N6O2S2. The molecule has 1 unspecified atom stereocenters. The standard InChI is InChI=1S/C21H24N6O2S2/c1-14(27-18(24-25-21(27)30)17-5-3-11-31-17)20(29)26-9-6-16(7-10-26)19(28)23-13-15-4-2-8-22-12-15/h2-5,8,11-12,14,16H,6-7,9-10,13H2,1H3,(H,23,28)(H,25,30). The Morgan fingerprint density at radius 1 is 1.32 bits per heavy atom. The van der Waals surface area contributed by atoms with Crippen molar-refractivity contribution in [3.8, 4) is 10.7 Å². The second-order valence-electron chi connectivity index (χ2n) is 7.55. The number of piperidine rings is 1. The van der Waals surface area contributed by atoms with Crippen LogP contribution in [0.15, 0.2) is 42.0 Å².